The van der Waals surface area contributed by atoms with Crippen molar-refractivity contribution in [3.05, 3.63) is 0 Å². The third kappa shape index (κ3) is 6.53. The van der Waals surface area contributed by atoms with Gasteiger partial charge in [-0.3, -0.25) is 4.79 Å². The molecule has 0 saturated carbocycles. The molecule has 1 amide bonds. The molecule has 2 unspecified atom stereocenters. The number of likely N-dealkylation sites (tertiary alicyclic amines) is 1. The second kappa shape index (κ2) is 8.34. The number of carbonyl (C=O) groups excluding carboxylic acids is 1. The van der Waals surface area contributed by atoms with Crippen molar-refractivity contribution in [2.24, 2.45) is 5.92 Å². The van der Waals surface area contributed by atoms with Gasteiger partial charge in [0.25, 0.3) is 0 Å². The molecular formula is C14H27ClN2O3S. The van der Waals surface area contributed by atoms with Gasteiger partial charge in [-0.15, -0.1) is 0 Å². The minimum absolute atomic E-state index is 0.0515. The monoisotopic (exact) mass is 338 g/mol. The molecule has 0 aromatic carbocycles. The molecular weight excluding hydrogens is 312 g/mol. The SMILES string of the molecule is CCN(CC)CCCC(C)N1CC(CS(=O)(=O)Cl)CC1=O. The summed E-state index contributed by atoms with van der Waals surface area (Å²) >= 11 is 0. The van der Waals surface area contributed by atoms with E-state index in [0.29, 0.717) is 13.0 Å². The Morgan fingerprint density at radius 3 is 2.52 bits per heavy atom. The summed E-state index contributed by atoms with van der Waals surface area (Å²) in [7, 11) is 1.75. The van der Waals surface area contributed by atoms with Gasteiger partial charge >= 0.3 is 0 Å². The number of hydrogen-bond acceptors (Lipinski definition) is 4. The third-order valence-electron chi connectivity index (χ3n) is 4.20. The van der Waals surface area contributed by atoms with E-state index in [-0.39, 0.29) is 23.6 Å². The van der Waals surface area contributed by atoms with Gasteiger partial charge in [0.1, 0.15) is 0 Å². The van der Waals surface area contributed by atoms with Crippen LogP contribution in [-0.2, 0) is 13.8 Å². The summed E-state index contributed by atoms with van der Waals surface area (Å²) in [6.07, 6.45) is 2.29. The zero-order valence-corrected chi connectivity index (χ0v) is 14.8. The standard InChI is InChI=1S/C14H27ClN2O3S/c1-4-16(5-2)8-6-7-12(3)17-10-13(9-14(17)18)11-21(15,19)20/h12-13H,4-11H2,1-3H3. The molecule has 124 valence electrons. The molecule has 5 nitrogen and oxygen atoms in total. The molecule has 1 aliphatic rings. The lowest BCUT2D eigenvalue weighted by Gasteiger charge is -2.26. The van der Waals surface area contributed by atoms with Gasteiger partial charge in [-0.2, -0.15) is 0 Å². The van der Waals surface area contributed by atoms with E-state index in [9.17, 15) is 13.2 Å². The van der Waals surface area contributed by atoms with Gasteiger partial charge in [-0.05, 0) is 39.4 Å². The zero-order valence-electron chi connectivity index (χ0n) is 13.2. The Kier molecular flexibility index (Phi) is 7.44. The lowest BCUT2D eigenvalue weighted by atomic mass is 10.1. The average Bonchev–Trinajstić information content (AvgIpc) is 2.73. The summed E-state index contributed by atoms with van der Waals surface area (Å²) in [6.45, 7) is 9.97. The number of rotatable bonds is 9. The summed E-state index contributed by atoms with van der Waals surface area (Å²) < 4.78 is 22.2. The van der Waals surface area contributed by atoms with Crippen LogP contribution >= 0.6 is 10.7 Å². The van der Waals surface area contributed by atoms with Gasteiger partial charge in [0.15, 0.2) is 0 Å². The van der Waals surface area contributed by atoms with E-state index in [1.54, 1.807) is 0 Å². The Labute approximate surface area is 133 Å². The molecule has 0 spiro atoms. The van der Waals surface area contributed by atoms with Crippen molar-refractivity contribution in [1.82, 2.24) is 9.80 Å². The van der Waals surface area contributed by atoms with Crippen LogP contribution < -0.4 is 0 Å². The summed E-state index contributed by atoms with van der Waals surface area (Å²) in [5.74, 6) is -0.218. The summed E-state index contributed by atoms with van der Waals surface area (Å²) in [5, 5.41) is 0. The van der Waals surface area contributed by atoms with Crippen molar-refractivity contribution in [2.45, 2.75) is 46.1 Å². The van der Waals surface area contributed by atoms with E-state index in [4.69, 9.17) is 10.7 Å². The van der Waals surface area contributed by atoms with E-state index in [2.05, 4.69) is 18.7 Å². The van der Waals surface area contributed by atoms with Crippen LogP contribution in [0.5, 0.6) is 0 Å². The van der Waals surface area contributed by atoms with Crippen LogP contribution in [0.15, 0.2) is 0 Å². The van der Waals surface area contributed by atoms with Gasteiger partial charge in [0, 0.05) is 35.6 Å². The van der Waals surface area contributed by atoms with Crippen LogP contribution in [0, 0.1) is 5.92 Å². The first-order valence-electron chi connectivity index (χ1n) is 7.71. The van der Waals surface area contributed by atoms with Crippen LogP contribution in [0.25, 0.3) is 0 Å². The van der Waals surface area contributed by atoms with Gasteiger partial charge in [-0.1, -0.05) is 13.8 Å². The maximum absolute atomic E-state index is 12.0. The highest BCUT2D eigenvalue weighted by atomic mass is 35.7. The molecule has 0 bridgehead atoms. The minimum atomic E-state index is -3.53. The van der Waals surface area contributed by atoms with Crippen molar-refractivity contribution in [2.75, 3.05) is 31.9 Å². The van der Waals surface area contributed by atoms with Crippen LogP contribution in [0.1, 0.15) is 40.0 Å². The van der Waals surface area contributed by atoms with E-state index < -0.39 is 9.05 Å². The fraction of sp³-hybridized carbons (Fsp3) is 0.929. The topological polar surface area (TPSA) is 57.7 Å². The molecule has 0 aromatic heterocycles. The van der Waals surface area contributed by atoms with Crippen molar-refractivity contribution in [3.8, 4) is 0 Å². The molecule has 1 heterocycles. The average molecular weight is 339 g/mol. The molecule has 0 aliphatic carbocycles. The fourth-order valence-electron chi connectivity index (χ4n) is 2.93. The Morgan fingerprint density at radius 2 is 2.00 bits per heavy atom. The van der Waals surface area contributed by atoms with E-state index in [0.717, 1.165) is 32.5 Å². The maximum atomic E-state index is 12.0. The maximum Gasteiger partial charge on any atom is 0.232 e. The number of halogens is 1. The molecule has 1 rings (SSSR count). The van der Waals surface area contributed by atoms with Gasteiger partial charge in [0.05, 0.1) is 5.75 Å². The Morgan fingerprint density at radius 1 is 1.38 bits per heavy atom. The Balaban J connectivity index is 2.40. The lowest BCUT2D eigenvalue weighted by molar-refractivity contribution is -0.129. The molecule has 0 aromatic rings. The Bertz CT molecular complexity index is 438. The number of amides is 1. The van der Waals surface area contributed by atoms with Gasteiger partial charge < -0.3 is 9.80 Å². The van der Waals surface area contributed by atoms with Gasteiger partial charge in [-0.25, -0.2) is 8.42 Å². The molecule has 0 N–H and O–H groups in total. The second-order valence-electron chi connectivity index (χ2n) is 5.84. The van der Waals surface area contributed by atoms with E-state index in [1.165, 1.54) is 0 Å². The normalized spacial score (nSPS) is 21.3. The number of nitrogens with zero attached hydrogens (tertiary/aromatic N) is 2. The van der Waals surface area contributed by atoms with Crippen molar-refractivity contribution in [3.63, 3.8) is 0 Å². The minimum Gasteiger partial charge on any atom is -0.340 e. The van der Waals surface area contributed by atoms with E-state index in [1.807, 2.05) is 11.8 Å². The first-order chi connectivity index (χ1) is 9.76. The van der Waals surface area contributed by atoms with Crippen LogP contribution in [0.3, 0.4) is 0 Å². The Hall–Kier alpha value is -0.330. The molecule has 1 saturated heterocycles. The predicted molar refractivity (Wildman–Crippen MR) is 85.9 cm³/mol. The molecule has 21 heavy (non-hydrogen) atoms. The largest absolute Gasteiger partial charge is 0.340 e. The molecule has 7 heteroatoms. The summed E-state index contributed by atoms with van der Waals surface area (Å²) in [5.41, 5.74) is 0. The highest BCUT2D eigenvalue weighted by Gasteiger charge is 2.34. The lowest BCUT2D eigenvalue weighted by Crippen LogP contribution is -2.35. The quantitative estimate of drug-likeness (QED) is 0.603. The first kappa shape index (κ1) is 18.7. The van der Waals surface area contributed by atoms with Crippen LogP contribution in [-0.4, -0.2) is 62.1 Å². The molecule has 1 fully saturated rings. The van der Waals surface area contributed by atoms with Crippen molar-refractivity contribution >= 4 is 25.6 Å². The highest BCUT2D eigenvalue weighted by Crippen LogP contribution is 2.24. The number of carbonyl (C=O) groups is 1. The van der Waals surface area contributed by atoms with Crippen molar-refractivity contribution < 1.29 is 13.2 Å². The summed E-state index contributed by atoms with van der Waals surface area (Å²) in [6, 6.07) is 0.163. The van der Waals surface area contributed by atoms with Crippen molar-refractivity contribution in [1.29, 1.82) is 0 Å². The van der Waals surface area contributed by atoms with Gasteiger partial charge in [0.2, 0.25) is 15.0 Å². The molecule has 0 radical (unpaired) electrons. The molecule has 1 aliphatic heterocycles. The summed E-state index contributed by atoms with van der Waals surface area (Å²) in [4.78, 5) is 16.2. The third-order valence-corrected chi connectivity index (χ3v) is 5.44. The van der Waals surface area contributed by atoms with E-state index >= 15 is 0 Å². The molecule has 2 atom stereocenters. The first-order valence-corrected chi connectivity index (χ1v) is 10.2. The fourth-order valence-corrected chi connectivity index (χ4v) is 4.25. The predicted octanol–water partition coefficient (Wildman–Crippen LogP) is 1.91. The second-order valence-corrected chi connectivity index (χ2v) is 8.66. The smallest absolute Gasteiger partial charge is 0.232 e. The zero-order chi connectivity index (χ0) is 16.0. The number of hydrogen-bond donors (Lipinski definition) is 0. The highest BCUT2D eigenvalue weighted by molar-refractivity contribution is 8.13. The van der Waals surface area contributed by atoms with Crippen LogP contribution in [0.4, 0.5) is 0 Å². The van der Waals surface area contributed by atoms with Crippen LogP contribution in [0.2, 0.25) is 0 Å².